The molecular formula is C21H26ClN3O2. The van der Waals surface area contributed by atoms with Gasteiger partial charge in [0.2, 0.25) is 0 Å². The van der Waals surface area contributed by atoms with Crippen molar-refractivity contribution in [3.05, 3.63) is 65.4 Å². The van der Waals surface area contributed by atoms with E-state index >= 15 is 0 Å². The standard InChI is InChI=1S/C21H25N3O2.ClH/c1-2-26-21(25)17-10-12-20-18(15-17)19(23-24(20)14-6-13-22)11-9-16-7-4-3-5-8-16;/h3-5,7-8,10,12,15H,2,6,9,11,13-14,22H2,1H3;1H. The molecule has 0 aliphatic carbocycles. The van der Waals surface area contributed by atoms with Crippen LogP contribution in [0.3, 0.4) is 0 Å². The van der Waals surface area contributed by atoms with Gasteiger partial charge >= 0.3 is 5.97 Å². The van der Waals surface area contributed by atoms with Crippen LogP contribution in [0.25, 0.3) is 10.9 Å². The Morgan fingerprint density at radius 1 is 1.15 bits per heavy atom. The number of carbonyl (C=O) groups is 1. The van der Waals surface area contributed by atoms with Gasteiger partial charge in [-0.3, -0.25) is 4.68 Å². The van der Waals surface area contributed by atoms with Crippen LogP contribution in [-0.2, 0) is 24.1 Å². The van der Waals surface area contributed by atoms with Gasteiger partial charge < -0.3 is 10.5 Å². The summed E-state index contributed by atoms with van der Waals surface area (Å²) in [5.74, 6) is -0.293. The number of rotatable bonds is 8. The van der Waals surface area contributed by atoms with Gasteiger partial charge in [-0.25, -0.2) is 4.79 Å². The van der Waals surface area contributed by atoms with E-state index < -0.39 is 0 Å². The van der Waals surface area contributed by atoms with E-state index in [0.29, 0.717) is 18.7 Å². The van der Waals surface area contributed by atoms with Crippen LogP contribution < -0.4 is 5.73 Å². The van der Waals surface area contributed by atoms with E-state index in [1.165, 1.54) is 5.56 Å². The third-order valence-electron chi connectivity index (χ3n) is 4.41. The number of nitrogens with zero attached hydrogens (tertiary/aromatic N) is 2. The highest BCUT2D eigenvalue weighted by Crippen LogP contribution is 2.23. The molecule has 3 rings (SSSR count). The maximum absolute atomic E-state index is 12.1. The topological polar surface area (TPSA) is 70.1 Å². The number of aryl methyl sites for hydroxylation is 3. The average Bonchev–Trinajstić information content (AvgIpc) is 3.02. The smallest absolute Gasteiger partial charge is 0.338 e. The van der Waals surface area contributed by atoms with Gasteiger partial charge in [0.05, 0.1) is 23.4 Å². The lowest BCUT2D eigenvalue weighted by atomic mass is 10.0. The molecule has 6 heteroatoms. The van der Waals surface area contributed by atoms with Crippen LogP contribution in [0, 0.1) is 0 Å². The van der Waals surface area contributed by atoms with E-state index in [9.17, 15) is 4.79 Å². The zero-order valence-electron chi connectivity index (χ0n) is 15.6. The van der Waals surface area contributed by atoms with Crippen LogP contribution in [0.1, 0.15) is 35.0 Å². The molecule has 2 aromatic carbocycles. The molecule has 0 radical (unpaired) electrons. The fourth-order valence-electron chi connectivity index (χ4n) is 3.09. The van der Waals surface area contributed by atoms with Crippen LogP contribution in [0.5, 0.6) is 0 Å². The molecule has 144 valence electrons. The second kappa shape index (κ2) is 10.1. The summed E-state index contributed by atoms with van der Waals surface area (Å²) in [5.41, 5.74) is 9.54. The van der Waals surface area contributed by atoms with Gasteiger partial charge in [-0.15, -0.1) is 12.4 Å². The molecule has 2 N–H and O–H groups in total. The molecule has 27 heavy (non-hydrogen) atoms. The first-order chi connectivity index (χ1) is 12.7. The molecule has 0 unspecified atom stereocenters. The van der Waals surface area contributed by atoms with Crippen molar-refractivity contribution in [3.8, 4) is 0 Å². The van der Waals surface area contributed by atoms with Crippen molar-refractivity contribution in [1.82, 2.24) is 9.78 Å². The number of hydrogen-bond acceptors (Lipinski definition) is 4. The summed E-state index contributed by atoms with van der Waals surface area (Å²) in [4.78, 5) is 12.1. The van der Waals surface area contributed by atoms with E-state index in [1.54, 1.807) is 0 Å². The summed E-state index contributed by atoms with van der Waals surface area (Å²) in [5, 5.41) is 5.81. The minimum atomic E-state index is -0.293. The SMILES string of the molecule is CCOC(=O)c1ccc2c(c1)c(CCc1ccccc1)nn2CCCN.Cl. The minimum absolute atomic E-state index is 0. The summed E-state index contributed by atoms with van der Waals surface area (Å²) in [6, 6.07) is 16.0. The van der Waals surface area contributed by atoms with Crippen molar-refractivity contribution in [1.29, 1.82) is 0 Å². The number of fused-ring (bicyclic) bond motifs is 1. The molecule has 1 heterocycles. The molecule has 0 fully saturated rings. The maximum atomic E-state index is 12.1. The molecule has 0 aliphatic heterocycles. The summed E-state index contributed by atoms with van der Waals surface area (Å²) in [6.45, 7) is 3.58. The Labute approximate surface area is 165 Å². The Morgan fingerprint density at radius 2 is 1.93 bits per heavy atom. The normalized spacial score (nSPS) is 10.6. The first kappa shape index (κ1) is 20.9. The predicted octanol–water partition coefficient (Wildman–Crippen LogP) is 3.77. The number of benzene rings is 2. The lowest BCUT2D eigenvalue weighted by Crippen LogP contribution is -2.07. The van der Waals surface area contributed by atoms with E-state index in [1.807, 2.05) is 48.0 Å². The van der Waals surface area contributed by atoms with Crippen LogP contribution in [0.2, 0.25) is 0 Å². The predicted molar refractivity (Wildman–Crippen MR) is 110 cm³/mol. The summed E-state index contributed by atoms with van der Waals surface area (Å²) >= 11 is 0. The summed E-state index contributed by atoms with van der Waals surface area (Å²) in [6.07, 6.45) is 2.60. The molecule has 0 atom stereocenters. The minimum Gasteiger partial charge on any atom is -0.462 e. The molecule has 0 bridgehead atoms. The molecule has 3 aromatic rings. The molecule has 0 saturated heterocycles. The zero-order chi connectivity index (χ0) is 18.4. The van der Waals surface area contributed by atoms with Gasteiger partial charge in [0, 0.05) is 11.9 Å². The van der Waals surface area contributed by atoms with Gasteiger partial charge in [-0.2, -0.15) is 5.10 Å². The molecule has 5 nitrogen and oxygen atoms in total. The highest BCUT2D eigenvalue weighted by molar-refractivity contribution is 5.95. The second-order valence-electron chi connectivity index (χ2n) is 6.25. The molecule has 1 aromatic heterocycles. The summed E-state index contributed by atoms with van der Waals surface area (Å²) in [7, 11) is 0. The third kappa shape index (κ3) is 5.08. The van der Waals surface area contributed by atoms with Crippen molar-refractivity contribution in [2.45, 2.75) is 32.7 Å². The molecule has 0 saturated carbocycles. The van der Waals surface area contributed by atoms with Crippen molar-refractivity contribution in [3.63, 3.8) is 0 Å². The fourth-order valence-corrected chi connectivity index (χ4v) is 3.09. The largest absolute Gasteiger partial charge is 0.462 e. The van der Waals surface area contributed by atoms with E-state index in [4.69, 9.17) is 15.6 Å². The maximum Gasteiger partial charge on any atom is 0.338 e. The van der Waals surface area contributed by atoms with Crippen molar-refractivity contribution in [2.75, 3.05) is 13.2 Å². The Kier molecular flexibility index (Phi) is 7.82. The third-order valence-corrected chi connectivity index (χ3v) is 4.41. The number of hydrogen-bond donors (Lipinski definition) is 1. The molecule has 0 amide bonds. The van der Waals surface area contributed by atoms with Crippen LogP contribution >= 0.6 is 12.4 Å². The lowest BCUT2D eigenvalue weighted by Gasteiger charge is -2.04. The monoisotopic (exact) mass is 387 g/mol. The van der Waals surface area contributed by atoms with E-state index in [2.05, 4.69) is 12.1 Å². The zero-order valence-corrected chi connectivity index (χ0v) is 16.4. The Hall–Kier alpha value is -2.37. The quantitative estimate of drug-likeness (QED) is 0.597. The highest BCUT2D eigenvalue weighted by atomic mass is 35.5. The Bertz CT molecular complexity index is 878. The number of halogens is 1. The van der Waals surface area contributed by atoms with Gasteiger partial charge in [0.15, 0.2) is 0 Å². The number of aromatic nitrogens is 2. The first-order valence-corrected chi connectivity index (χ1v) is 9.13. The van der Waals surface area contributed by atoms with Gasteiger partial charge in [0.1, 0.15) is 0 Å². The van der Waals surface area contributed by atoms with E-state index in [0.717, 1.165) is 42.4 Å². The number of nitrogens with two attached hydrogens (primary N) is 1. The summed E-state index contributed by atoms with van der Waals surface area (Å²) < 4.78 is 7.13. The Morgan fingerprint density at radius 3 is 2.63 bits per heavy atom. The molecule has 0 spiro atoms. The lowest BCUT2D eigenvalue weighted by molar-refractivity contribution is 0.0526. The highest BCUT2D eigenvalue weighted by Gasteiger charge is 2.14. The average molecular weight is 388 g/mol. The van der Waals surface area contributed by atoms with E-state index in [-0.39, 0.29) is 18.4 Å². The van der Waals surface area contributed by atoms with Crippen molar-refractivity contribution >= 4 is 29.3 Å². The van der Waals surface area contributed by atoms with Crippen LogP contribution in [0.15, 0.2) is 48.5 Å². The van der Waals surface area contributed by atoms with Crippen molar-refractivity contribution < 1.29 is 9.53 Å². The number of carbonyl (C=O) groups excluding carboxylic acids is 1. The van der Waals surface area contributed by atoms with Gasteiger partial charge in [-0.05, 0) is 56.5 Å². The molecule has 0 aliphatic rings. The molecular weight excluding hydrogens is 362 g/mol. The number of ether oxygens (including phenoxy) is 1. The first-order valence-electron chi connectivity index (χ1n) is 9.13. The van der Waals surface area contributed by atoms with Gasteiger partial charge in [-0.1, -0.05) is 30.3 Å². The Balaban J connectivity index is 0.00000261. The second-order valence-corrected chi connectivity index (χ2v) is 6.25. The fraction of sp³-hybridized carbons (Fsp3) is 0.333. The number of esters is 1. The van der Waals surface area contributed by atoms with Crippen LogP contribution in [-0.4, -0.2) is 28.9 Å². The van der Waals surface area contributed by atoms with Gasteiger partial charge in [0.25, 0.3) is 0 Å². The van der Waals surface area contributed by atoms with Crippen LogP contribution in [0.4, 0.5) is 0 Å². The van der Waals surface area contributed by atoms with Crippen molar-refractivity contribution in [2.24, 2.45) is 5.73 Å².